The molecule has 1 aromatic heterocycles. The van der Waals surface area contributed by atoms with Crippen molar-refractivity contribution in [2.24, 2.45) is 5.73 Å². The Bertz CT molecular complexity index is 1060. The molecule has 0 fully saturated rings. The fourth-order valence-corrected chi connectivity index (χ4v) is 2.79. The molecule has 7 nitrogen and oxygen atoms in total. The van der Waals surface area contributed by atoms with Gasteiger partial charge in [0, 0.05) is 17.4 Å². The number of amides is 2. The summed E-state index contributed by atoms with van der Waals surface area (Å²) in [6, 6.07) is 16.4. The van der Waals surface area contributed by atoms with Crippen molar-refractivity contribution in [3.05, 3.63) is 82.3 Å². The van der Waals surface area contributed by atoms with E-state index in [0.29, 0.717) is 11.3 Å². The number of nitrogens with two attached hydrogens (primary N) is 1. The van der Waals surface area contributed by atoms with Gasteiger partial charge in [0.15, 0.2) is 0 Å². The van der Waals surface area contributed by atoms with Gasteiger partial charge in [0.1, 0.15) is 17.9 Å². The lowest BCUT2D eigenvalue weighted by molar-refractivity contribution is -0.116. The van der Waals surface area contributed by atoms with Crippen LogP contribution in [0.1, 0.15) is 22.8 Å². The Labute approximate surface area is 161 Å². The number of anilines is 1. The van der Waals surface area contributed by atoms with Crippen molar-refractivity contribution in [2.45, 2.75) is 19.9 Å². The molecule has 0 aliphatic rings. The highest BCUT2D eigenvalue weighted by Gasteiger charge is 2.17. The lowest BCUT2D eigenvalue weighted by atomic mass is 10.1. The van der Waals surface area contributed by atoms with E-state index in [0.717, 1.165) is 22.7 Å². The number of nitrogens with zero attached hydrogens (tertiary/aromatic N) is 2. The maximum atomic E-state index is 12.7. The molecule has 28 heavy (non-hydrogen) atoms. The number of aryl methyl sites for hydroxylation is 1. The van der Waals surface area contributed by atoms with Crippen LogP contribution in [0.25, 0.3) is 11.4 Å². The highest BCUT2D eigenvalue weighted by atomic mass is 16.2. The minimum Gasteiger partial charge on any atom is -0.365 e. The number of rotatable bonds is 6. The molecule has 142 valence electrons. The second-order valence-electron chi connectivity index (χ2n) is 6.22. The minimum atomic E-state index is -0.888. The summed E-state index contributed by atoms with van der Waals surface area (Å²) in [5.74, 6) is -1.01. The molecule has 3 N–H and O–H groups in total. The van der Waals surface area contributed by atoms with Gasteiger partial charge in [-0.2, -0.15) is 0 Å². The van der Waals surface area contributed by atoms with Gasteiger partial charge >= 0.3 is 0 Å². The van der Waals surface area contributed by atoms with Crippen molar-refractivity contribution in [3.63, 3.8) is 0 Å². The van der Waals surface area contributed by atoms with Gasteiger partial charge in [-0.15, -0.1) is 0 Å². The molecule has 0 aliphatic carbocycles. The second-order valence-corrected chi connectivity index (χ2v) is 6.22. The smallest absolute Gasteiger partial charge is 0.267 e. The Morgan fingerprint density at radius 2 is 1.75 bits per heavy atom. The Morgan fingerprint density at radius 3 is 2.36 bits per heavy atom. The highest BCUT2D eigenvalue weighted by Crippen LogP contribution is 2.16. The van der Waals surface area contributed by atoms with Crippen LogP contribution in [0.15, 0.2) is 65.6 Å². The van der Waals surface area contributed by atoms with E-state index in [-0.39, 0.29) is 17.9 Å². The van der Waals surface area contributed by atoms with E-state index in [1.165, 1.54) is 0 Å². The fourth-order valence-electron chi connectivity index (χ4n) is 2.79. The summed E-state index contributed by atoms with van der Waals surface area (Å²) in [7, 11) is 0. The van der Waals surface area contributed by atoms with Crippen LogP contribution in [0, 0.1) is 0 Å². The first-order chi connectivity index (χ1) is 13.5. The zero-order chi connectivity index (χ0) is 20.1. The van der Waals surface area contributed by atoms with Gasteiger partial charge in [-0.25, -0.2) is 4.98 Å². The summed E-state index contributed by atoms with van der Waals surface area (Å²) in [5.41, 5.74) is 6.76. The van der Waals surface area contributed by atoms with Crippen LogP contribution in [-0.4, -0.2) is 21.4 Å². The van der Waals surface area contributed by atoms with E-state index >= 15 is 0 Å². The summed E-state index contributed by atoms with van der Waals surface area (Å²) < 4.78 is 1.16. The standard InChI is InChI=1S/C21H20N4O3/c1-2-14-8-10-16(11-9-14)24-18(26)13-25-20(15-6-4-3-5-7-15)23-12-17(19(22)27)21(25)28/h3-12H,2,13H2,1H3,(H2,22,27)(H,24,26). The first kappa shape index (κ1) is 19.0. The molecule has 0 saturated carbocycles. The van der Waals surface area contributed by atoms with Gasteiger partial charge in [0.25, 0.3) is 11.5 Å². The van der Waals surface area contributed by atoms with Crippen LogP contribution in [0.5, 0.6) is 0 Å². The third-order valence-electron chi connectivity index (χ3n) is 4.29. The van der Waals surface area contributed by atoms with E-state index in [9.17, 15) is 14.4 Å². The number of aromatic nitrogens is 2. The Hall–Kier alpha value is -3.74. The minimum absolute atomic E-state index is 0.264. The predicted molar refractivity (Wildman–Crippen MR) is 107 cm³/mol. The molecule has 0 aliphatic heterocycles. The molecule has 0 saturated heterocycles. The Morgan fingerprint density at radius 1 is 1.07 bits per heavy atom. The summed E-state index contributed by atoms with van der Waals surface area (Å²) in [6.07, 6.45) is 2.04. The topological polar surface area (TPSA) is 107 Å². The third kappa shape index (κ3) is 4.15. The largest absolute Gasteiger partial charge is 0.365 e. The Balaban J connectivity index is 1.94. The molecule has 0 radical (unpaired) electrons. The van der Waals surface area contributed by atoms with Crippen LogP contribution in [-0.2, 0) is 17.8 Å². The Kier molecular flexibility index (Phi) is 5.64. The van der Waals surface area contributed by atoms with Crippen LogP contribution in [0.2, 0.25) is 0 Å². The van der Waals surface area contributed by atoms with Gasteiger partial charge in [-0.3, -0.25) is 19.0 Å². The third-order valence-corrected chi connectivity index (χ3v) is 4.29. The van der Waals surface area contributed by atoms with Crippen LogP contribution < -0.4 is 16.6 Å². The number of hydrogen-bond acceptors (Lipinski definition) is 4. The van der Waals surface area contributed by atoms with E-state index in [1.807, 2.05) is 25.1 Å². The number of benzene rings is 2. The van der Waals surface area contributed by atoms with Gasteiger partial charge in [0.05, 0.1) is 0 Å². The normalized spacial score (nSPS) is 10.5. The van der Waals surface area contributed by atoms with Gasteiger partial charge in [0.2, 0.25) is 5.91 Å². The van der Waals surface area contributed by atoms with Crippen molar-refractivity contribution >= 4 is 17.5 Å². The van der Waals surface area contributed by atoms with Crippen molar-refractivity contribution in [1.82, 2.24) is 9.55 Å². The first-order valence-electron chi connectivity index (χ1n) is 8.83. The zero-order valence-electron chi connectivity index (χ0n) is 15.4. The number of nitrogens with one attached hydrogen (secondary N) is 1. The molecule has 7 heteroatoms. The molecule has 0 atom stereocenters. The predicted octanol–water partition coefficient (Wildman–Crippen LogP) is 2.21. The average Bonchev–Trinajstić information content (AvgIpc) is 2.70. The van der Waals surface area contributed by atoms with Gasteiger partial charge in [-0.05, 0) is 24.1 Å². The molecule has 3 rings (SSSR count). The van der Waals surface area contributed by atoms with Crippen LogP contribution in [0.3, 0.4) is 0 Å². The van der Waals surface area contributed by atoms with E-state index < -0.39 is 17.4 Å². The van der Waals surface area contributed by atoms with Gasteiger partial charge in [-0.1, -0.05) is 49.4 Å². The zero-order valence-corrected chi connectivity index (χ0v) is 15.4. The van der Waals surface area contributed by atoms with Crippen molar-refractivity contribution < 1.29 is 9.59 Å². The molecule has 2 amide bonds. The SMILES string of the molecule is CCc1ccc(NC(=O)Cn2c(-c3ccccc3)ncc(C(N)=O)c2=O)cc1. The summed E-state index contributed by atoms with van der Waals surface area (Å²) in [5, 5.41) is 2.75. The van der Waals surface area contributed by atoms with Gasteiger partial charge < -0.3 is 11.1 Å². The maximum Gasteiger partial charge on any atom is 0.267 e. The molecule has 3 aromatic rings. The lowest BCUT2D eigenvalue weighted by Crippen LogP contribution is -2.34. The fraction of sp³-hybridized carbons (Fsp3) is 0.143. The van der Waals surface area contributed by atoms with Crippen molar-refractivity contribution in [1.29, 1.82) is 0 Å². The van der Waals surface area contributed by atoms with Crippen LogP contribution >= 0.6 is 0 Å². The van der Waals surface area contributed by atoms with Crippen LogP contribution in [0.4, 0.5) is 5.69 Å². The average molecular weight is 376 g/mol. The first-order valence-corrected chi connectivity index (χ1v) is 8.83. The molecule has 0 bridgehead atoms. The lowest BCUT2D eigenvalue weighted by Gasteiger charge is -2.13. The molecular weight excluding hydrogens is 356 g/mol. The quantitative estimate of drug-likeness (QED) is 0.688. The van der Waals surface area contributed by atoms with E-state index in [1.54, 1.807) is 36.4 Å². The van der Waals surface area contributed by atoms with E-state index in [2.05, 4.69) is 10.3 Å². The molecule has 2 aromatic carbocycles. The second kappa shape index (κ2) is 8.30. The molecule has 0 unspecified atom stereocenters. The van der Waals surface area contributed by atoms with Crippen molar-refractivity contribution in [2.75, 3.05) is 5.32 Å². The number of carbonyl (C=O) groups excluding carboxylic acids is 2. The number of carbonyl (C=O) groups is 2. The van der Waals surface area contributed by atoms with E-state index in [4.69, 9.17) is 5.73 Å². The number of primary amides is 1. The number of hydrogen-bond donors (Lipinski definition) is 2. The molecule has 1 heterocycles. The highest BCUT2D eigenvalue weighted by molar-refractivity contribution is 5.93. The van der Waals surface area contributed by atoms with Crippen molar-refractivity contribution in [3.8, 4) is 11.4 Å². The molecular formula is C21H20N4O3. The summed E-state index contributed by atoms with van der Waals surface area (Å²) in [4.78, 5) is 41.0. The molecule has 0 spiro atoms. The summed E-state index contributed by atoms with van der Waals surface area (Å²) in [6.45, 7) is 1.75. The monoisotopic (exact) mass is 376 g/mol. The summed E-state index contributed by atoms with van der Waals surface area (Å²) >= 11 is 0. The maximum absolute atomic E-state index is 12.7.